The maximum atomic E-state index is 12.4. The summed E-state index contributed by atoms with van der Waals surface area (Å²) in [5.74, 6) is 0. The van der Waals surface area contributed by atoms with E-state index in [2.05, 4.69) is 0 Å². The minimum atomic E-state index is -4.47. The molecule has 6 heteroatoms. The van der Waals surface area contributed by atoms with E-state index in [1.165, 1.54) is 13.0 Å². The van der Waals surface area contributed by atoms with Crippen molar-refractivity contribution >= 4 is 22.6 Å². The van der Waals surface area contributed by atoms with E-state index in [9.17, 15) is 18.0 Å². The first-order valence-corrected chi connectivity index (χ1v) is 4.92. The Balaban J connectivity index is 3.47. The average Bonchev–Trinajstić information content (AvgIpc) is 2.07. The third-order valence-electron chi connectivity index (χ3n) is 1.73. The normalized spacial score (nSPS) is 11.8. The smallest absolute Gasteiger partial charge is 0.304 e. The van der Waals surface area contributed by atoms with Gasteiger partial charge in [0.05, 0.1) is 3.57 Å². The number of rotatable bonds is 1. The van der Waals surface area contributed by atoms with Gasteiger partial charge in [0, 0.05) is 6.54 Å². The van der Waals surface area contributed by atoms with Crippen LogP contribution in [-0.4, -0.2) is 4.57 Å². The van der Waals surface area contributed by atoms with E-state index in [1.54, 1.807) is 22.6 Å². The Kier molecular flexibility index (Phi) is 3.23. The standard InChI is InChI=1S/C8H7F3INO/c1-2-13-6(8(9,10)11)4-3-5(12)7(13)14/h3-4H,2H2,1H3. The summed E-state index contributed by atoms with van der Waals surface area (Å²) >= 11 is 1.72. The Morgan fingerprint density at radius 2 is 2.00 bits per heavy atom. The van der Waals surface area contributed by atoms with Gasteiger partial charge in [0.2, 0.25) is 0 Å². The maximum absolute atomic E-state index is 12.4. The molecule has 0 saturated carbocycles. The Hall–Kier alpha value is -0.530. The quantitative estimate of drug-likeness (QED) is 0.730. The lowest BCUT2D eigenvalue weighted by atomic mass is 10.3. The fourth-order valence-corrected chi connectivity index (χ4v) is 1.58. The number of aromatic nitrogens is 1. The van der Waals surface area contributed by atoms with Gasteiger partial charge in [-0.25, -0.2) is 0 Å². The summed E-state index contributed by atoms with van der Waals surface area (Å²) in [5.41, 5.74) is -1.49. The van der Waals surface area contributed by atoms with Crippen LogP contribution < -0.4 is 5.56 Å². The molecular weight excluding hydrogens is 310 g/mol. The predicted octanol–water partition coefficient (Wildman–Crippen LogP) is 2.49. The minimum Gasteiger partial charge on any atom is -0.304 e. The number of alkyl halides is 3. The molecule has 0 unspecified atom stereocenters. The van der Waals surface area contributed by atoms with Crippen molar-refractivity contribution in [3.8, 4) is 0 Å². The van der Waals surface area contributed by atoms with E-state index in [-0.39, 0.29) is 10.1 Å². The number of hydrogen-bond acceptors (Lipinski definition) is 1. The Morgan fingerprint density at radius 3 is 2.43 bits per heavy atom. The molecule has 0 radical (unpaired) electrons. The highest BCUT2D eigenvalue weighted by atomic mass is 127. The van der Waals surface area contributed by atoms with E-state index in [0.717, 1.165) is 10.6 Å². The van der Waals surface area contributed by atoms with E-state index in [0.29, 0.717) is 0 Å². The van der Waals surface area contributed by atoms with Crippen molar-refractivity contribution in [1.29, 1.82) is 0 Å². The minimum absolute atomic E-state index is 0.0184. The molecule has 0 spiro atoms. The molecule has 0 saturated heterocycles. The fourth-order valence-electron chi connectivity index (χ4n) is 1.11. The number of nitrogens with zero attached hydrogens (tertiary/aromatic N) is 1. The third kappa shape index (κ3) is 2.10. The number of hydrogen-bond donors (Lipinski definition) is 0. The molecule has 1 aromatic heterocycles. The second kappa shape index (κ2) is 3.92. The molecule has 0 aromatic carbocycles. The lowest BCUT2D eigenvalue weighted by Crippen LogP contribution is -2.28. The lowest BCUT2D eigenvalue weighted by molar-refractivity contribution is -0.144. The summed E-state index contributed by atoms with van der Waals surface area (Å²) in [6, 6.07) is 2.10. The van der Waals surface area contributed by atoms with Crippen LogP contribution in [0.3, 0.4) is 0 Å². The maximum Gasteiger partial charge on any atom is 0.431 e. The van der Waals surface area contributed by atoms with Gasteiger partial charge in [-0.2, -0.15) is 13.2 Å². The van der Waals surface area contributed by atoms with Crippen LogP contribution >= 0.6 is 22.6 Å². The Bertz CT molecular complexity index is 397. The van der Waals surface area contributed by atoms with Crippen molar-refractivity contribution < 1.29 is 13.2 Å². The van der Waals surface area contributed by atoms with E-state index < -0.39 is 17.4 Å². The zero-order valence-corrected chi connectivity index (χ0v) is 9.39. The van der Waals surface area contributed by atoms with Gasteiger partial charge in [0.25, 0.3) is 5.56 Å². The fraction of sp³-hybridized carbons (Fsp3) is 0.375. The molecule has 0 aliphatic heterocycles. The van der Waals surface area contributed by atoms with Crippen LogP contribution in [0.5, 0.6) is 0 Å². The molecule has 2 nitrogen and oxygen atoms in total. The van der Waals surface area contributed by atoms with Crippen LogP contribution in [-0.2, 0) is 12.7 Å². The zero-order valence-electron chi connectivity index (χ0n) is 7.23. The van der Waals surface area contributed by atoms with Gasteiger partial charge in [0.1, 0.15) is 5.69 Å². The Labute approximate surface area is 91.9 Å². The second-order valence-electron chi connectivity index (χ2n) is 2.61. The van der Waals surface area contributed by atoms with Crippen LogP contribution in [0.4, 0.5) is 13.2 Å². The summed E-state index contributed by atoms with van der Waals surface area (Å²) in [5, 5.41) is 0. The van der Waals surface area contributed by atoms with Crippen LogP contribution in [0.2, 0.25) is 0 Å². The number of halogens is 4. The van der Waals surface area contributed by atoms with Crippen molar-refractivity contribution in [2.24, 2.45) is 0 Å². The average molecular weight is 317 g/mol. The molecule has 0 atom stereocenters. The molecule has 14 heavy (non-hydrogen) atoms. The van der Waals surface area contributed by atoms with E-state index in [1.807, 2.05) is 0 Å². The van der Waals surface area contributed by atoms with Crippen molar-refractivity contribution in [2.45, 2.75) is 19.6 Å². The first-order valence-electron chi connectivity index (χ1n) is 3.84. The van der Waals surface area contributed by atoms with Gasteiger partial charge < -0.3 is 4.57 Å². The molecular formula is C8H7F3INO. The van der Waals surface area contributed by atoms with Gasteiger partial charge in [0.15, 0.2) is 0 Å². The molecule has 0 bridgehead atoms. The summed E-state index contributed by atoms with van der Waals surface area (Å²) in [6.07, 6.45) is -4.47. The van der Waals surface area contributed by atoms with Crippen molar-refractivity contribution in [3.63, 3.8) is 0 Å². The van der Waals surface area contributed by atoms with Gasteiger partial charge in [-0.05, 0) is 41.6 Å². The largest absolute Gasteiger partial charge is 0.431 e. The first kappa shape index (κ1) is 11.5. The van der Waals surface area contributed by atoms with Crippen molar-refractivity contribution in [1.82, 2.24) is 4.57 Å². The molecule has 0 N–H and O–H groups in total. The van der Waals surface area contributed by atoms with E-state index >= 15 is 0 Å². The summed E-state index contributed by atoms with van der Waals surface area (Å²) < 4.78 is 38.2. The number of pyridine rings is 1. The highest BCUT2D eigenvalue weighted by Crippen LogP contribution is 2.28. The van der Waals surface area contributed by atoms with Gasteiger partial charge in [-0.1, -0.05) is 0 Å². The van der Waals surface area contributed by atoms with Crippen molar-refractivity contribution in [3.05, 3.63) is 31.8 Å². The molecule has 0 aliphatic rings. The highest BCUT2D eigenvalue weighted by molar-refractivity contribution is 14.1. The topological polar surface area (TPSA) is 22.0 Å². The first-order chi connectivity index (χ1) is 6.38. The van der Waals surface area contributed by atoms with Crippen LogP contribution in [0.25, 0.3) is 0 Å². The molecule has 1 aromatic rings. The zero-order chi connectivity index (χ0) is 10.9. The molecule has 0 aliphatic carbocycles. The SMILES string of the molecule is CCn1c(C(F)(F)F)ccc(I)c1=O. The monoisotopic (exact) mass is 317 g/mol. The predicted molar refractivity (Wildman–Crippen MR) is 54.1 cm³/mol. The summed E-state index contributed by atoms with van der Waals surface area (Å²) in [4.78, 5) is 11.3. The van der Waals surface area contributed by atoms with Crippen molar-refractivity contribution in [2.75, 3.05) is 0 Å². The van der Waals surface area contributed by atoms with E-state index in [4.69, 9.17) is 0 Å². The summed E-state index contributed by atoms with van der Waals surface area (Å²) in [7, 11) is 0. The molecule has 1 rings (SSSR count). The molecule has 1 heterocycles. The lowest BCUT2D eigenvalue weighted by Gasteiger charge is -2.13. The van der Waals surface area contributed by atoms with Gasteiger partial charge in [-0.3, -0.25) is 4.79 Å². The second-order valence-corrected chi connectivity index (χ2v) is 3.78. The highest BCUT2D eigenvalue weighted by Gasteiger charge is 2.34. The van der Waals surface area contributed by atoms with Gasteiger partial charge in [-0.15, -0.1) is 0 Å². The van der Waals surface area contributed by atoms with Crippen LogP contribution in [0, 0.1) is 3.57 Å². The molecule has 78 valence electrons. The van der Waals surface area contributed by atoms with Crippen LogP contribution in [0.1, 0.15) is 12.6 Å². The van der Waals surface area contributed by atoms with Gasteiger partial charge >= 0.3 is 6.18 Å². The molecule has 0 fully saturated rings. The van der Waals surface area contributed by atoms with Crippen LogP contribution in [0.15, 0.2) is 16.9 Å². The third-order valence-corrected chi connectivity index (χ3v) is 2.56. The molecule has 0 amide bonds. The summed E-state index contributed by atoms with van der Waals surface area (Å²) in [6.45, 7) is 1.53. The Morgan fingerprint density at radius 1 is 1.43 bits per heavy atom.